The van der Waals surface area contributed by atoms with Crippen LogP contribution in [0, 0.1) is 0 Å². The summed E-state index contributed by atoms with van der Waals surface area (Å²) in [6.07, 6.45) is 4.61. The van der Waals surface area contributed by atoms with Gasteiger partial charge in [0.2, 0.25) is 0 Å². The summed E-state index contributed by atoms with van der Waals surface area (Å²) in [4.78, 5) is 15.5. The van der Waals surface area contributed by atoms with E-state index in [0.717, 1.165) is 23.6 Å². The molecule has 2 aliphatic rings. The number of rotatable bonds is 5. The summed E-state index contributed by atoms with van der Waals surface area (Å²) >= 11 is 0. The van der Waals surface area contributed by atoms with Crippen molar-refractivity contribution < 1.29 is 14.3 Å². The van der Waals surface area contributed by atoms with Gasteiger partial charge in [-0.15, -0.1) is 0 Å². The molecule has 1 N–H and O–H groups in total. The summed E-state index contributed by atoms with van der Waals surface area (Å²) in [5.74, 6) is 1.50. The van der Waals surface area contributed by atoms with Crippen molar-refractivity contribution in [1.82, 2.24) is 10.2 Å². The molecule has 1 fully saturated rings. The van der Waals surface area contributed by atoms with Gasteiger partial charge in [0, 0.05) is 24.1 Å². The van der Waals surface area contributed by atoms with Crippen molar-refractivity contribution >= 4 is 5.91 Å². The Kier molecular flexibility index (Phi) is 6.00. The predicted molar refractivity (Wildman–Crippen MR) is 118 cm³/mol. The third-order valence-electron chi connectivity index (χ3n) is 6.05. The smallest absolute Gasteiger partial charge is 0.251 e. The highest BCUT2D eigenvalue weighted by molar-refractivity contribution is 5.94. The number of carbonyl (C=O) groups is 1. The molecule has 2 heterocycles. The largest absolute Gasteiger partial charge is 0.497 e. The third kappa shape index (κ3) is 4.78. The van der Waals surface area contributed by atoms with E-state index in [1.54, 1.807) is 7.11 Å². The molecule has 2 aromatic rings. The number of piperidine rings is 1. The maximum absolute atomic E-state index is 13.0. The van der Waals surface area contributed by atoms with Gasteiger partial charge in [-0.25, -0.2) is 0 Å². The molecule has 4 rings (SSSR count). The number of amides is 1. The van der Waals surface area contributed by atoms with E-state index in [-0.39, 0.29) is 17.6 Å². The minimum absolute atomic E-state index is 0.0593. The standard InChI is InChI=1S/C25H32N2O3/c1-25(2)16-22(21-15-20(29-3)11-12-23(21)30-25)26-24(28)19-9-7-18(8-10-19)17-27-13-5-4-6-14-27/h7-12,15,22H,4-6,13-14,16-17H2,1-3H3,(H,26,28). The molecule has 0 radical (unpaired) electrons. The lowest BCUT2D eigenvalue weighted by Gasteiger charge is -2.38. The van der Waals surface area contributed by atoms with Crippen LogP contribution in [0.4, 0.5) is 0 Å². The van der Waals surface area contributed by atoms with Gasteiger partial charge in [0.05, 0.1) is 13.2 Å². The van der Waals surface area contributed by atoms with Crippen molar-refractivity contribution in [2.45, 2.75) is 57.7 Å². The van der Waals surface area contributed by atoms with E-state index in [9.17, 15) is 4.79 Å². The Hall–Kier alpha value is -2.53. The van der Waals surface area contributed by atoms with Crippen LogP contribution in [0.15, 0.2) is 42.5 Å². The molecule has 30 heavy (non-hydrogen) atoms. The Morgan fingerprint density at radius 2 is 1.87 bits per heavy atom. The lowest BCUT2D eigenvalue weighted by molar-refractivity contribution is 0.0618. The summed E-state index contributed by atoms with van der Waals surface area (Å²) in [5, 5.41) is 3.21. The van der Waals surface area contributed by atoms with Gasteiger partial charge in [-0.05, 0) is 75.7 Å². The quantitative estimate of drug-likeness (QED) is 0.778. The minimum atomic E-state index is -0.349. The van der Waals surface area contributed by atoms with E-state index in [1.165, 1.54) is 37.9 Å². The zero-order chi connectivity index (χ0) is 21.1. The van der Waals surface area contributed by atoms with Crippen molar-refractivity contribution in [2.75, 3.05) is 20.2 Å². The first-order chi connectivity index (χ1) is 14.4. The van der Waals surface area contributed by atoms with Gasteiger partial charge in [0.25, 0.3) is 5.91 Å². The molecule has 0 spiro atoms. The van der Waals surface area contributed by atoms with Gasteiger partial charge in [-0.3, -0.25) is 9.69 Å². The molecular weight excluding hydrogens is 376 g/mol. The predicted octanol–water partition coefficient (Wildman–Crippen LogP) is 4.71. The molecule has 1 saturated heterocycles. The molecule has 0 bridgehead atoms. The van der Waals surface area contributed by atoms with E-state index >= 15 is 0 Å². The fourth-order valence-corrected chi connectivity index (χ4v) is 4.47. The topological polar surface area (TPSA) is 50.8 Å². The highest BCUT2D eigenvalue weighted by Gasteiger charge is 2.35. The zero-order valence-corrected chi connectivity index (χ0v) is 18.2. The Bertz CT molecular complexity index is 886. The second kappa shape index (κ2) is 8.68. The fourth-order valence-electron chi connectivity index (χ4n) is 4.47. The molecule has 2 aromatic carbocycles. The number of likely N-dealkylation sites (tertiary alicyclic amines) is 1. The number of hydrogen-bond acceptors (Lipinski definition) is 4. The Balaban J connectivity index is 1.46. The van der Waals surface area contributed by atoms with Crippen LogP contribution in [0.3, 0.4) is 0 Å². The van der Waals surface area contributed by atoms with Crippen LogP contribution in [0.2, 0.25) is 0 Å². The van der Waals surface area contributed by atoms with Crippen LogP contribution in [0.5, 0.6) is 11.5 Å². The SMILES string of the molecule is COc1ccc2c(c1)C(NC(=O)c1ccc(CN3CCCCC3)cc1)CC(C)(C)O2. The van der Waals surface area contributed by atoms with E-state index in [4.69, 9.17) is 9.47 Å². The van der Waals surface area contributed by atoms with Crippen LogP contribution >= 0.6 is 0 Å². The summed E-state index contributed by atoms with van der Waals surface area (Å²) in [7, 11) is 1.65. The highest BCUT2D eigenvalue weighted by atomic mass is 16.5. The van der Waals surface area contributed by atoms with Crippen LogP contribution in [0.1, 0.15) is 67.1 Å². The number of ether oxygens (including phenoxy) is 2. The van der Waals surface area contributed by atoms with Gasteiger partial charge in [0.15, 0.2) is 0 Å². The fraction of sp³-hybridized carbons (Fsp3) is 0.480. The number of fused-ring (bicyclic) bond motifs is 1. The molecule has 1 unspecified atom stereocenters. The van der Waals surface area contributed by atoms with Gasteiger partial charge in [-0.1, -0.05) is 18.6 Å². The number of benzene rings is 2. The molecule has 0 aliphatic carbocycles. The van der Waals surface area contributed by atoms with Crippen molar-refractivity contribution in [3.05, 3.63) is 59.2 Å². The first-order valence-electron chi connectivity index (χ1n) is 10.9. The average molecular weight is 409 g/mol. The molecule has 5 nitrogen and oxygen atoms in total. The number of methoxy groups -OCH3 is 1. The normalized spacial score (nSPS) is 20.7. The lowest BCUT2D eigenvalue weighted by atomic mass is 9.89. The van der Waals surface area contributed by atoms with E-state index in [1.807, 2.05) is 30.3 Å². The maximum Gasteiger partial charge on any atom is 0.251 e. The first kappa shape index (κ1) is 20.7. The molecule has 160 valence electrons. The summed E-state index contributed by atoms with van der Waals surface area (Å²) < 4.78 is 11.5. The van der Waals surface area contributed by atoms with E-state index in [2.05, 4.69) is 36.2 Å². The molecule has 1 atom stereocenters. The van der Waals surface area contributed by atoms with Gasteiger partial charge >= 0.3 is 0 Å². The van der Waals surface area contributed by atoms with Gasteiger partial charge in [0.1, 0.15) is 17.1 Å². The van der Waals surface area contributed by atoms with Crippen LogP contribution in [0.25, 0.3) is 0 Å². The summed E-state index contributed by atoms with van der Waals surface area (Å²) in [5.41, 5.74) is 2.56. The minimum Gasteiger partial charge on any atom is -0.497 e. The monoisotopic (exact) mass is 408 g/mol. The molecule has 1 amide bonds. The number of carbonyl (C=O) groups excluding carboxylic acids is 1. The van der Waals surface area contributed by atoms with Crippen molar-refractivity contribution in [3.8, 4) is 11.5 Å². The number of hydrogen-bond donors (Lipinski definition) is 1. The number of nitrogens with one attached hydrogen (secondary N) is 1. The van der Waals surface area contributed by atoms with Crippen molar-refractivity contribution in [1.29, 1.82) is 0 Å². The first-order valence-corrected chi connectivity index (χ1v) is 10.9. The van der Waals surface area contributed by atoms with E-state index in [0.29, 0.717) is 12.0 Å². The molecule has 0 saturated carbocycles. The van der Waals surface area contributed by atoms with E-state index < -0.39 is 0 Å². The lowest BCUT2D eigenvalue weighted by Crippen LogP contribution is -2.41. The second-order valence-electron chi connectivity index (χ2n) is 9.03. The Morgan fingerprint density at radius 1 is 1.13 bits per heavy atom. The molecule has 2 aliphatic heterocycles. The summed E-state index contributed by atoms with van der Waals surface area (Å²) in [6.45, 7) is 7.40. The molecule has 0 aromatic heterocycles. The number of nitrogens with zero attached hydrogens (tertiary/aromatic N) is 1. The Labute approximate surface area is 179 Å². The zero-order valence-electron chi connectivity index (χ0n) is 18.2. The van der Waals surface area contributed by atoms with Gasteiger partial charge < -0.3 is 14.8 Å². The van der Waals surface area contributed by atoms with Gasteiger partial charge in [-0.2, -0.15) is 0 Å². The van der Waals surface area contributed by atoms with Crippen molar-refractivity contribution in [2.24, 2.45) is 0 Å². The maximum atomic E-state index is 13.0. The average Bonchev–Trinajstić information content (AvgIpc) is 2.74. The Morgan fingerprint density at radius 3 is 2.57 bits per heavy atom. The molecular formula is C25H32N2O3. The van der Waals surface area contributed by atoms with Crippen LogP contribution in [-0.4, -0.2) is 36.6 Å². The molecule has 5 heteroatoms. The second-order valence-corrected chi connectivity index (χ2v) is 9.03. The van der Waals surface area contributed by atoms with Crippen LogP contribution < -0.4 is 14.8 Å². The third-order valence-corrected chi connectivity index (χ3v) is 6.05. The van der Waals surface area contributed by atoms with Crippen LogP contribution in [-0.2, 0) is 6.54 Å². The van der Waals surface area contributed by atoms with Crippen molar-refractivity contribution in [3.63, 3.8) is 0 Å². The summed E-state index contributed by atoms with van der Waals surface area (Å²) in [6, 6.07) is 13.7. The highest BCUT2D eigenvalue weighted by Crippen LogP contribution is 2.41.